The molecule has 0 N–H and O–H groups in total. The molecule has 0 aliphatic heterocycles. The van der Waals surface area contributed by atoms with Crippen LogP contribution in [0.15, 0.2) is 71.3 Å². The second-order valence-corrected chi connectivity index (χ2v) is 7.86. The van der Waals surface area contributed by atoms with Gasteiger partial charge < -0.3 is 9.26 Å². The maximum Gasteiger partial charge on any atom is 0.338 e. The van der Waals surface area contributed by atoms with Crippen LogP contribution in [0.25, 0.3) is 22.2 Å². The van der Waals surface area contributed by atoms with Gasteiger partial charge in [-0.1, -0.05) is 47.6 Å². The summed E-state index contributed by atoms with van der Waals surface area (Å²) < 4.78 is 11.0. The molecule has 0 spiro atoms. The summed E-state index contributed by atoms with van der Waals surface area (Å²) in [5, 5.41) is 4.79. The van der Waals surface area contributed by atoms with Gasteiger partial charge in [-0.05, 0) is 61.6 Å². The molecular formula is C26H21NO4. The molecule has 0 fully saturated rings. The maximum absolute atomic E-state index is 12.8. The van der Waals surface area contributed by atoms with Gasteiger partial charge in [-0.25, -0.2) is 4.79 Å². The van der Waals surface area contributed by atoms with Crippen molar-refractivity contribution in [2.45, 2.75) is 32.3 Å². The van der Waals surface area contributed by atoms with E-state index in [1.54, 1.807) is 25.1 Å². The number of carbonyl (C=O) groups is 2. The molecule has 0 saturated heterocycles. The first-order chi connectivity index (χ1) is 15.1. The molecule has 1 atom stereocenters. The third kappa shape index (κ3) is 3.63. The fraction of sp³-hybridized carbons (Fsp3) is 0.192. The van der Waals surface area contributed by atoms with E-state index in [4.69, 9.17) is 9.26 Å². The minimum Gasteiger partial charge on any atom is -0.451 e. The third-order valence-electron chi connectivity index (χ3n) is 5.78. The summed E-state index contributed by atoms with van der Waals surface area (Å²) >= 11 is 0. The summed E-state index contributed by atoms with van der Waals surface area (Å²) in [5.41, 5.74) is 4.98. The van der Waals surface area contributed by atoms with Gasteiger partial charge in [0.1, 0.15) is 5.52 Å². The van der Waals surface area contributed by atoms with Crippen LogP contribution in [0.3, 0.4) is 0 Å². The lowest BCUT2D eigenvalue weighted by Gasteiger charge is -2.13. The highest BCUT2D eigenvalue weighted by molar-refractivity contribution is 6.03. The number of hydrogen-bond acceptors (Lipinski definition) is 5. The Hall–Kier alpha value is -3.73. The van der Waals surface area contributed by atoms with Crippen molar-refractivity contribution in [1.29, 1.82) is 0 Å². The van der Waals surface area contributed by atoms with Crippen molar-refractivity contribution in [1.82, 2.24) is 5.16 Å². The van der Waals surface area contributed by atoms with Crippen LogP contribution in [0.5, 0.6) is 0 Å². The van der Waals surface area contributed by atoms with Crippen LogP contribution in [0, 0.1) is 0 Å². The van der Waals surface area contributed by atoms with E-state index in [9.17, 15) is 9.59 Å². The van der Waals surface area contributed by atoms with Crippen LogP contribution in [0.4, 0.5) is 0 Å². The Labute approximate surface area is 179 Å². The number of benzene rings is 3. The van der Waals surface area contributed by atoms with Crippen LogP contribution in [-0.2, 0) is 17.6 Å². The highest BCUT2D eigenvalue weighted by Crippen LogP contribution is 2.29. The first-order valence-electron chi connectivity index (χ1n) is 10.4. The monoisotopic (exact) mass is 411 g/mol. The molecule has 5 heteroatoms. The second kappa shape index (κ2) is 7.84. The standard InChI is InChI=1S/C26H21NO4/c1-16(24(28)20-11-10-17-8-5-9-19(17)14-20)30-26(29)21-12-13-23-22(15-21)25(31-27-23)18-6-3-2-4-7-18/h2-4,6-7,10-16H,5,8-9H2,1H3/t16-/m0/s1. The minimum absolute atomic E-state index is 0.195. The number of fused-ring (bicyclic) bond motifs is 2. The average molecular weight is 411 g/mol. The fourth-order valence-electron chi connectivity index (χ4n) is 4.11. The number of hydrogen-bond donors (Lipinski definition) is 0. The maximum atomic E-state index is 12.8. The molecular weight excluding hydrogens is 390 g/mol. The van der Waals surface area contributed by atoms with Gasteiger partial charge in [-0.15, -0.1) is 0 Å². The predicted octanol–water partition coefficient (Wildman–Crippen LogP) is 5.41. The summed E-state index contributed by atoms with van der Waals surface area (Å²) in [4.78, 5) is 25.6. The summed E-state index contributed by atoms with van der Waals surface area (Å²) in [7, 11) is 0. The van der Waals surface area contributed by atoms with E-state index in [2.05, 4.69) is 5.16 Å². The molecule has 5 nitrogen and oxygen atoms in total. The Balaban J connectivity index is 1.37. The van der Waals surface area contributed by atoms with Crippen molar-refractivity contribution < 1.29 is 18.8 Å². The van der Waals surface area contributed by atoms with E-state index in [1.165, 1.54) is 11.1 Å². The zero-order valence-electron chi connectivity index (χ0n) is 17.1. The van der Waals surface area contributed by atoms with Crippen LogP contribution in [-0.4, -0.2) is 23.0 Å². The van der Waals surface area contributed by atoms with Crippen molar-refractivity contribution in [3.05, 3.63) is 89.0 Å². The smallest absolute Gasteiger partial charge is 0.338 e. The number of esters is 1. The Bertz CT molecular complexity index is 1290. The first-order valence-corrected chi connectivity index (χ1v) is 10.4. The minimum atomic E-state index is -0.876. The molecule has 0 saturated carbocycles. The molecule has 0 bridgehead atoms. The van der Waals surface area contributed by atoms with Gasteiger partial charge in [0.05, 0.1) is 10.9 Å². The molecule has 3 aromatic carbocycles. The fourth-order valence-corrected chi connectivity index (χ4v) is 4.11. The lowest BCUT2D eigenvalue weighted by atomic mass is 10.0. The lowest BCUT2D eigenvalue weighted by molar-refractivity contribution is 0.0319. The topological polar surface area (TPSA) is 69.4 Å². The normalized spacial score (nSPS) is 13.7. The van der Waals surface area contributed by atoms with Crippen molar-refractivity contribution in [2.75, 3.05) is 0 Å². The van der Waals surface area contributed by atoms with Crippen LogP contribution in [0.1, 0.15) is 45.2 Å². The second-order valence-electron chi connectivity index (χ2n) is 7.86. The summed E-state index contributed by atoms with van der Waals surface area (Å²) in [6, 6.07) is 20.4. The Morgan fingerprint density at radius 3 is 2.55 bits per heavy atom. The first kappa shape index (κ1) is 19.2. The van der Waals surface area contributed by atoms with Gasteiger partial charge in [0.2, 0.25) is 5.78 Å². The average Bonchev–Trinajstić information content (AvgIpc) is 3.45. The van der Waals surface area contributed by atoms with E-state index in [0.717, 1.165) is 30.2 Å². The van der Waals surface area contributed by atoms with Crippen LogP contribution >= 0.6 is 0 Å². The highest BCUT2D eigenvalue weighted by Gasteiger charge is 2.23. The lowest BCUT2D eigenvalue weighted by Crippen LogP contribution is -2.24. The van der Waals surface area contributed by atoms with Crippen molar-refractivity contribution in [3.63, 3.8) is 0 Å². The Morgan fingerprint density at radius 1 is 0.935 bits per heavy atom. The number of Topliss-reactive ketones (excluding diaryl/α,β-unsaturated/α-hetero) is 1. The zero-order chi connectivity index (χ0) is 21.4. The van der Waals surface area contributed by atoms with Gasteiger partial charge >= 0.3 is 5.97 Å². The van der Waals surface area contributed by atoms with E-state index >= 15 is 0 Å². The molecule has 0 radical (unpaired) electrons. The van der Waals surface area contributed by atoms with Crippen molar-refractivity contribution in [3.8, 4) is 11.3 Å². The van der Waals surface area contributed by atoms with Gasteiger partial charge in [0.15, 0.2) is 11.9 Å². The molecule has 31 heavy (non-hydrogen) atoms. The molecule has 154 valence electrons. The number of aryl methyl sites for hydroxylation is 2. The van der Waals surface area contributed by atoms with Gasteiger partial charge in [-0.2, -0.15) is 0 Å². The number of ketones is 1. The van der Waals surface area contributed by atoms with E-state index in [1.807, 2.05) is 48.5 Å². The number of ether oxygens (including phenoxy) is 1. The molecule has 4 aromatic rings. The van der Waals surface area contributed by atoms with Crippen LogP contribution < -0.4 is 0 Å². The zero-order valence-corrected chi connectivity index (χ0v) is 17.1. The Morgan fingerprint density at radius 2 is 1.71 bits per heavy atom. The third-order valence-corrected chi connectivity index (χ3v) is 5.78. The largest absolute Gasteiger partial charge is 0.451 e. The number of rotatable bonds is 5. The SMILES string of the molecule is C[C@H](OC(=O)c1ccc2noc(-c3ccccc3)c2c1)C(=O)c1ccc2c(c1)CCC2. The van der Waals surface area contributed by atoms with E-state index < -0.39 is 12.1 Å². The van der Waals surface area contributed by atoms with Gasteiger partial charge in [0, 0.05) is 11.1 Å². The van der Waals surface area contributed by atoms with Crippen LogP contribution in [0.2, 0.25) is 0 Å². The van der Waals surface area contributed by atoms with E-state index in [-0.39, 0.29) is 5.78 Å². The molecule has 1 aromatic heterocycles. The number of carbonyl (C=O) groups excluding carboxylic acids is 2. The highest BCUT2D eigenvalue weighted by atomic mass is 16.5. The summed E-state index contributed by atoms with van der Waals surface area (Å²) in [6.07, 6.45) is 2.30. The molecule has 0 unspecified atom stereocenters. The summed E-state index contributed by atoms with van der Waals surface area (Å²) in [6.45, 7) is 1.61. The quantitative estimate of drug-likeness (QED) is 0.324. The molecule has 0 amide bonds. The predicted molar refractivity (Wildman–Crippen MR) is 117 cm³/mol. The van der Waals surface area contributed by atoms with Crippen molar-refractivity contribution in [2.24, 2.45) is 0 Å². The number of nitrogens with zero attached hydrogens (tertiary/aromatic N) is 1. The van der Waals surface area contributed by atoms with Gasteiger partial charge in [0.25, 0.3) is 0 Å². The Kier molecular flexibility index (Phi) is 4.86. The molecule has 1 aliphatic rings. The van der Waals surface area contributed by atoms with E-state index in [0.29, 0.717) is 22.4 Å². The number of aromatic nitrogens is 1. The molecule has 5 rings (SSSR count). The van der Waals surface area contributed by atoms with Crippen molar-refractivity contribution >= 4 is 22.7 Å². The molecule has 1 aliphatic carbocycles. The van der Waals surface area contributed by atoms with Gasteiger partial charge in [-0.3, -0.25) is 4.79 Å². The molecule has 1 heterocycles. The summed E-state index contributed by atoms with van der Waals surface area (Å²) in [5.74, 6) is -0.157.